The Morgan fingerprint density at radius 3 is 2.06 bits per heavy atom. The van der Waals surface area contributed by atoms with Gasteiger partial charge >= 0.3 is 23.9 Å². The van der Waals surface area contributed by atoms with Gasteiger partial charge in [0.1, 0.15) is 18.5 Å². The van der Waals surface area contributed by atoms with Crippen LogP contribution in [0.25, 0.3) is 11.5 Å². The van der Waals surface area contributed by atoms with Gasteiger partial charge in [0.15, 0.2) is 18.0 Å². The van der Waals surface area contributed by atoms with E-state index in [0.29, 0.717) is 11.4 Å². The van der Waals surface area contributed by atoms with Crippen molar-refractivity contribution in [2.24, 2.45) is 0 Å². The lowest BCUT2D eigenvalue weighted by Gasteiger charge is -2.44. The number of hydrogen-bond donors (Lipinski definition) is 0. The van der Waals surface area contributed by atoms with Crippen LogP contribution in [0.1, 0.15) is 33.5 Å². The molecule has 1 fully saturated rings. The summed E-state index contributed by atoms with van der Waals surface area (Å²) in [6.07, 6.45) is -6.55. The van der Waals surface area contributed by atoms with Crippen molar-refractivity contribution >= 4 is 23.9 Å². The van der Waals surface area contributed by atoms with Crippen molar-refractivity contribution in [3.8, 4) is 17.2 Å². The second-order valence-electron chi connectivity index (χ2n) is 7.83. The Hall–Kier alpha value is -4.00. The van der Waals surface area contributed by atoms with Crippen LogP contribution in [0.3, 0.4) is 0 Å². The summed E-state index contributed by atoms with van der Waals surface area (Å²) in [7, 11) is 0. The number of aryl methyl sites for hydroxylation is 1. The Kier molecular flexibility index (Phi) is 8.59. The molecule has 194 valence electrons. The predicted molar refractivity (Wildman–Crippen MR) is 117 cm³/mol. The van der Waals surface area contributed by atoms with Crippen LogP contribution in [0.4, 0.5) is 0 Å². The van der Waals surface area contributed by atoms with Crippen molar-refractivity contribution in [2.45, 2.75) is 65.3 Å². The Balaban J connectivity index is 2.03. The highest BCUT2D eigenvalue weighted by molar-refractivity contribution is 5.69. The maximum absolute atomic E-state index is 12.0. The van der Waals surface area contributed by atoms with E-state index < -0.39 is 54.6 Å². The molecule has 13 heteroatoms. The number of benzene rings is 1. The molecular weight excluding hydrogens is 480 g/mol. The van der Waals surface area contributed by atoms with Gasteiger partial charge in [-0.05, 0) is 19.1 Å². The van der Waals surface area contributed by atoms with Gasteiger partial charge in [-0.2, -0.15) is 4.98 Å². The third kappa shape index (κ3) is 6.78. The fourth-order valence-corrected chi connectivity index (χ4v) is 3.56. The summed E-state index contributed by atoms with van der Waals surface area (Å²) in [6.45, 7) is 5.88. The minimum atomic E-state index is -1.39. The molecule has 0 bridgehead atoms. The first-order valence-corrected chi connectivity index (χ1v) is 10.9. The molecule has 36 heavy (non-hydrogen) atoms. The van der Waals surface area contributed by atoms with Crippen LogP contribution in [0, 0.1) is 6.92 Å². The first-order valence-electron chi connectivity index (χ1n) is 10.9. The maximum atomic E-state index is 12.0. The summed E-state index contributed by atoms with van der Waals surface area (Å²) in [4.78, 5) is 51.4. The van der Waals surface area contributed by atoms with Crippen LogP contribution in [-0.4, -0.2) is 71.3 Å². The van der Waals surface area contributed by atoms with Gasteiger partial charge in [0, 0.05) is 27.7 Å². The highest BCUT2D eigenvalue weighted by atomic mass is 16.7. The molecular formula is C23H26N2O11. The van der Waals surface area contributed by atoms with Crippen molar-refractivity contribution in [3.05, 3.63) is 30.1 Å². The molecule has 1 saturated heterocycles. The lowest BCUT2D eigenvalue weighted by atomic mass is 9.98. The summed E-state index contributed by atoms with van der Waals surface area (Å²) in [5.41, 5.74) is 0.408. The van der Waals surface area contributed by atoms with Crippen molar-refractivity contribution in [1.82, 2.24) is 10.1 Å². The van der Waals surface area contributed by atoms with Crippen LogP contribution in [0.15, 0.2) is 28.8 Å². The number of hydrogen-bond acceptors (Lipinski definition) is 13. The second kappa shape index (κ2) is 11.6. The van der Waals surface area contributed by atoms with Crippen LogP contribution in [0.2, 0.25) is 0 Å². The van der Waals surface area contributed by atoms with E-state index in [4.69, 9.17) is 32.9 Å². The van der Waals surface area contributed by atoms with E-state index in [0.717, 1.165) is 20.8 Å². The highest BCUT2D eigenvalue weighted by Gasteiger charge is 2.53. The van der Waals surface area contributed by atoms with Gasteiger partial charge in [-0.15, -0.1) is 0 Å². The molecule has 0 N–H and O–H groups in total. The number of ether oxygens (including phenoxy) is 6. The van der Waals surface area contributed by atoms with Crippen LogP contribution in [0.5, 0.6) is 5.75 Å². The molecule has 1 aliphatic heterocycles. The van der Waals surface area contributed by atoms with Crippen LogP contribution in [-0.2, 0) is 42.9 Å². The monoisotopic (exact) mass is 506 g/mol. The van der Waals surface area contributed by atoms with E-state index >= 15 is 0 Å². The number of aromatic nitrogens is 2. The number of carbonyl (C=O) groups is 4. The molecule has 0 aliphatic carbocycles. The molecule has 0 radical (unpaired) electrons. The minimum absolute atomic E-state index is 0.161. The van der Waals surface area contributed by atoms with E-state index in [9.17, 15) is 19.2 Å². The molecule has 2 aromatic rings. The maximum Gasteiger partial charge on any atom is 0.303 e. The largest absolute Gasteiger partial charge is 0.463 e. The standard InChI is InChI=1S/C23H26N2O11/c1-11-24-22(36-25-11)16-8-6-7-9-17(16)34-23-21(33-15(5)29)20(32-14(4)28)19(31-13(3)27)18(35-23)10-30-12(2)26/h6-9,18-21,23H,10H2,1-5H3/t18-,19-,20+,21-,23+/m0/s1. The van der Waals surface area contributed by atoms with E-state index in [1.807, 2.05) is 0 Å². The Bertz CT molecular complexity index is 1110. The quantitative estimate of drug-likeness (QED) is 0.374. The molecule has 0 unspecified atom stereocenters. The summed E-state index contributed by atoms with van der Waals surface area (Å²) >= 11 is 0. The van der Waals surface area contributed by atoms with Gasteiger partial charge in [0.05, 0.1) is 5.56 Å². The van der Waals surface area contributed by atoms with Crippen LogP contribution < -0.4 is 4.74 Å². The summed E-state index contributed by atoms with van der Waals surface area (Å²) in [5, 5.41) is 3.77. The summed E-state index contributed by atoms with van der Waals surface area (Å²) in [6, 6.07) is 6.64. The van der Waals surface area contributed by atoms with Crippen molar-refractivity contribution in [1.29, 1.82) is 0 Å². The predicted octanol–water partition coefficient (Wildman–Crippen LogP) is 1.51. The average molecular weight is 506 g/mol. The molecule has 0 saturated carbocycles. The topological polar surface area (TPSA) is 163 Å². The lowest BCUT2D eigenvalue weighted by molar-refractivity contribution is -0.288. The number of esters is 4. The molecule has 1 aliphatic rings. The third-order valence-electron chi connectivity index (χ3n) is 4.84. The zero-order valence-electron chi connectivity index (χ0n) is 20.3. The van der Waals surface area contributed by atoms with E-state index in [2.05, 4.69) is 10.1 Å². The number of rotatable bonds is 8. The Labute approximate surface area is 205 Å². The summed E-state index contributed by atoms with van der Waals surface area (Å²) < 4.78 is 38.5. The number of para-hydroxylation sites is 1. The van der Waals surface area contributed by atoms with Gasteiger partial charge in [0.25, 0.3) is 5.89 Å². The molecule has 0 amide bonds. The second-order valence-corrected chi connectivity index (χ2v) is 7.83. The van der Waals surface area contributed by atoms with E-state index in [1.54, 1.807) is 31.2 Å². The van der Waals surface area contributed by atoms with Crippen molar-refractivity contribution < 1.29 is 52.1 Å². The fraction of sp³-hybridized carbons (Fsp3) is 0.478. The minimum Gasteiger partial charge on any atom is -0.463 e. The highest BCUT2D eigenvalue weighted by Crippen LogP contribution is 2.34. The zero-order valence-corrected chi connectivity index (χ0v) is 20.3. The van der Waals surface area contributed by atoms with E-state index in [-0.39, 0.29) is 18.2 Å². The molecule has 13 nitrogen and oxygen atoms in total. The van der Waals surface area contributed by atoms with Gasteiger partial charge in [-0.25, -0.2) is 0 Å². The molecule has 3 rings (SSSR count). The number of nitrogens with zero attached hydrogens (tertiary/aromatic N) is 2. The number of carbonyl (C=O) groups excluding carboxylic acids is 4. The summed E-state index contributed by atoms with van der Waals surface area (Å²) in [5.74, 6) is -2.08. The van der Waals surface area contributed by atoms with Gasteiger partial charge in [0.2, 0.25) is 12.4 Å². The molecule has 1 aromatic heterocycles. The third-order valence-corrected chi connectivity index (χ3v) is 4.84. The molecule has 0 spiro atoms. The molecule has 1 aromatic carbocycles. The SMILES string of the molecule is CC(=O)OC[C@@H]1O[C@@H](Oc2ccccc2-c2nc(C)no2)[C@@H](OC(C)=O)[C@H](OC(C)=O)[C@H]1OC(C)=O. The Morgan fingerprint density at radius 2 is 1.47 bits per heavy atom. The van der Waals surface area contributed by atoms with E-state index in [1.165, 1.54) is 6.92 Å². The smallest absolute Gasteiger partial charge is 0.303 e. The van der Waals surface area contributed by atoms with Crippen molar-refractivity contribution in [3.63, 3.8) is 0 Å². The molecule has 2 heterocycles. The zero-order chi connectivity index (χ0) is 26.4. The lowest BCUT2D eigenvalue weighted by Crippen LogP contribution is -2.63. The van der Waals surface area contributed by atoms with Crippen molar-refractivity contribution in [2.75, 3.05) is 6.61 Å². The molecule has 5 atom stereocenters. The normalized spacial score (nSPS) is 23.3. The first kappa shape index (κ1) is 26.6. The van der Waals surface area contributed by atoms with Gasteiger partial charge < -0.3 is 32.9 Å². The Morgan fingerprint density at radius 1 is 0.861 bits per heavy atom. The average Bonchev–Trinajstić information content (AvgIpc) is 3.22. The van der Waals surface area contributed by atoms with Gasteiger partial charge in [-0.1, -0.05) is 17.3 Å². The van der Waals surface area contributed by atoms with Crippen LogP contribution >= 0.6 is 0 Å². The fourth-order valence-electron chi connectivity index (χ4n) is 3.56. The first-order chi connectivity index (χ1) is 17.0. The van der Waals surface area contributed by atoms with Gasteiger partial charge in [-0.3, -0.25) is 19.2 Å².